The quantitative estimate of drug-likeness (QED) is 0.283. The summed E-state index contributed by atoms with van der Waals surface area (Å²) in [6.07, 6.45) is -2.71. The third kappa shape index (κ3) is 5.16. The SMILES string of the molecule is Cc1cc(C(=O)CSc2nc3ccccc3c(=O)n2CC2CCCO2)c(C)n1CC(F)(F)F. The molecule has 0 spiro atoms. The lowest BCUT2D eigenvalue weighted by molar-refractivity contribution is -0.141. The predicted octanol–water partition coefficient (Wildman–Crippen LogP) is 4.53. The maximum atomic E-state index is 13.1. The first-order valence-corrected chi connectivity index (χ1v) is 11.6. The van der Waals surface area contributed by atoms with Gasteiger partial charge >= 0.3 is 6.18 Å². The first-order valence-electron chi connectivity index (χ1n) is 10.6. The number of para-hydroxylation sites is 1. The minimum absolute atomic E-state index is 0.0490. The highest BCUT2D eigenvalue weighted by Gasteiger charge is 2.30. The van der Waals surface area contributed by atoms with Crippen LogP contribution in [0.2, 0.25) is 0 Å². The predicted molar refractivity (Wildman–Crippen MR) is 120 cm³/mol. The Kier molecular flexibility index (Phi) is 6.67. The average Bonchev–Trinajstić information content (AvgIpc) is 3.37. The molecule has 6 nitrogen and oxygen atoms in total. The number of Topliss-reactive ketones (excluding diaryl/α,β-unsaturated/α-hetero) is 1. The molecule has 33 heavy (non-hydrogen) atoms. The van der Waals surface area contributed by atoms with Crippen LogP contribution >= 0.6 is 11.8 Å². The Morgan fingerprint density at radius 3 is 2.70 bits per heavy atom. The standard InChI is InChI=1S/C23H24F3N3O3S/c1-14-10-18(15(2)29(14)13-23(24,25)26)20(30)12-33-22-27-19-8-4-3-7-17(19)21(31)28(22)11-16-6-5-9-32-16/h3-4,7-8,10,16H,5-6,9,11-13H2,1-2H3. The second-order valence-electron chi connectivity index (χ2n) is 8.16. The van der Waals surface area contributed by atoms with Crippen LogP contribution in [0.25, 0.3) is 10.9 Å². The number of carbonyl (C=O) groups is 1. The monoisotopic (exact) mass is 479 g/mol. The smallest absolute Gasteiger partial charge is 0.376 e. The van der Waals surface area contributed by atoms with Crippen LogP contribution in [0.5, 0.6) is 0 Å². The number of hydrogen-bond donors (Lipinski definition) is 0. The molecule has 1 aliphatic rings. The van der Waals surface area contributed by atoms with Gasteiger partial charge in [0.25, 0.3) is 5.56 Å². The molecule has 0 radical (unpaired) electrons. The van der Waals surface area contributed by atoms with Crippen molar-refractivity contribution in [2.45, 2.75) is 57.2 Å². The number of benzene rings is 1. The van der Waals surface area contributed by atoms with Crippen LogP contribution in [0.3, 0.4) is 0 Å². The average molecular weight is 480 g/mol. The van der Waals surface area contributed by atoms with Gasteiger partial charge in [0.15, 0.2) is 10.9 Å². The molecule has 1 fully saturated rings. The molecule has 10 heteroatoms. The number of thioether (sulfide) groups is 1. The summed E-state index contributed by atoms with van der Waals surface area (Å²) in [5.41, 5.74) is 1.23. The topological polar surface area (TPSA) is 66.1 Å². The largest absolute Gasteiger partial charge is 0.406 e. The number of aryl methyl sites for hydroxylation is 1. The molecule has 2 aromatic heterocycles. The van der Waals surface area contributed by atoms with Crippen LogP contribution in [0.1, 0.15) is 34.6 Å². The number of ketones is 1. The van der Waals surface area contributed by atoms with E-state index in [1.807, 2.05) is 0 Å². The summed E-state index contributed by atoms with van der Waals surface area (Å²) < 4.78 is 47.0. The fourth-order valence-corrected chi connectivity index (χ4v) is 5.02. The van der Waals surface area contributed by atoms with E-state index in [1.165, 1.54) is 13.0 Å². The van der Waals surface area contributed by atoms with Gasteiger partial charge in [0.1, 0.15) is 6.54 Å². The number of hydrogen-bond acceptors (Lipinski definition) is 5. The molecule has 1 unspecified atom stereocenters. The maximum absolute atomic E-state index is 13.1. The van der Waals surface area contributed by atoms with Crippen molar-refractivity contribution in [3.05, 3.63) is 57.6 Å². The summed E-state index contributed by atoms with van der Waals surface area (Å²) in [6.45, 7) is 2.91. The lowest BCUT2D eigenvalue weighted by Crippen LogP contribution is -2.29. The molecular formula is C23H24F3N3O3S. The van der Waals surface area contributed by atoms with E-state index in [4.69, 9.17) is 4.74 Å². The van der Waals surface area contributed by atoms with Crippen LogP contribution in [0.4, 0.5) is 13.2 Å². The van der Waals surface area contributed by atoms with Gasteiger partial charge < -0.3 is 9.30 Å². The van der Waals surface area contributed by atoms with Crippen molar-refractivity contribution in [2.24, 2.45) is 0 Å². The molecule has 0 aliphatic carbocycles. The Morgan fingerprint density at radius 1 is 1.24 bits per heavy atom. The zero-order valence-electron chi connectivity index (χ0n) is 18.3. The third-order valence-electron chi connectivity index (χ3n) is 5.78. The Morgan fingerprint density at radius 2 is 2.00 bits per heavy atom. The lowest BCUT2D eigenvalue weighted by atomic mass is 10.2. The van der Waals surface area contributed by atoms with Crippen molar-refractivity contribution in [1.29, 1.82) is 0 Å². The van der Waals surface area contributed by atoms with Crippen molar-refractivity contribution in [2.75, 3.05) is 12.4 Å². The fraction of sp³-hybridized carbons (Fsp3) is 0.435. The number of nitrogens with zero attached hydrogens (tertiary/aromatic N) is 3. The Bertz CT molecular complexity index is 1240. The van der Waals surface area contributed by atoms with Crippen molar-refractivity contribution in [3.63, 3.8) is 0 Å². The summed E-state index contributed by atoms with van der Waals surface area (Å²) in [4.78, 5) is 30.7. The van der Waals surface area contributed by atoms with Gasteiger partial charge in [-0.3, -0.25) is 14.2 Å². The molecule has 176 valence electrons. The molecule has 1 aromatic carbocycles. The highest BCUT2D eigenvalue weighted by atomic mass is 32.2. The Hall–Kier alpha value is -2.59. The van der Waals surface area contributed by atoms with Gasteiger partial charge in [-0.15, -0.1) is 0 Å². The number of fused-ring (bicyclic) bond motifs is 1. The second kappa shape index (κ2) is 9.34. The molecule has 0 bridgehead atoms. The van der Waals surface area contributed by atoms with Gasteiger partial charge in [-0.1, -0.05) is 23.9 Å². The van der Waals surface area contributed by atoms with Crippen molar-refractivity contribution >= 4 is 28.4 Å². The van der Waals surface area contributed by atoms with Crippen molar-refractivity contribution in [1.82, 2.24) is 14.1 Å². The second-order valence-corrected chi connectivity index (χ2v) is 9.10. The van der Waals surface area contributed by atoms with Crippen LogP contribution in [-0.2, 0) is 17.8 Å². The van der Waals surface area contributed by atoms with E-state index in [0.29, 0.717) is 34.9 Å². The summed E-state index contributed by atoms with van der Waals surface area (Å²) in [7, 11) is 0. The van der Waals surface area contributed by atoms with E-state index in [9.17, 15) is 22.8 Å². The van der Waals surface area contributed by atoms with Crippen molar-refractivity contribution < 1.29 is 22.7 Å². The third-order valence-corrected chi connectivity index (χ3v) is 6.76. The zero-order chi connectivity index (χ0) is 23.8. The fourth-order valence-electron chi connectivity index (χ4n) is 4.12. The molecule has 1 atom stereocenters. The normalized spacial score (nSPS) is 16.6. The number of aromatic nitrogens is 3. The number of halogens is 3. The molecule has 0 N–H and O–H groups in total. The molecule has 4 rings (SSSR count). The van der Waals surface area contributed by atoms with Gasteiger partial charge in [-0.2, -0.15) is 13.2 Å². The number of ether oxygens (including phenoxy) is 1. The van der Waals surface area contributed by atoms with E-state index in [2.05, 4.69) is 4.98 Å². The maximum Gasteiger partial charge on any atom is 0.406 e. The molecular weight excluding hydrogens is 455 g/mol. The molecule has 1 saturated heterocycles. The van der Waals surface area contributed by atoms with Crippen LogP contribution in [0.15, 0.2) is 40.3 Å². The first-order chi connectivity index (χ1) is 15.6. The summed E-state index contributed by atoms with van der Waals surface area (Å²) in [5, 5.41) is 0.883. The minimum atomic E-state index is -4.38. The van der Waals surface area contributed by atoms with E-state index in [1.54, 1.807) is 35.8 Å². The van der Waals surface area contributed by atoms with Crippen LogP contribution in [0, 0.1) is 13.8 Å². The minimum Gasteiger partial charge on any atom is -0.376 e. The molecule has 1 aliphatic heterocycles. The number of alkyl halides is 3. The first kappa shape index (κ1) is 23.6. The molecule has 0 saturated carbocycles. The Labute approximate surface area is 192 Å². The van der Waals surface area contributed by atoms with E-state index in [-0.39, 0.29) is 34.5 Å². The van der Waals surface area contributed by atoms with Crippen molar-refractivity contribution in [3.8, 4) is 0 Å². The van der Waals surface area contributed by atoms with Gasteiger partial charge in [0.2, 0.25) is 0 Å². The summed E-state index contributed by atoms with van der Waals surface area (Å²) >= 11 is 1.11. The van der Waals surface area contributed by atoms with Crippen LogP contribution in [-0.4, -0.2) is 44.5 Å². The van der Waals surface area contributed by atoms with Gasteiger partial charge in [0.05, 0.1) is 29.3 Å². The van der Waals surface area contributed by atoms with E-state index < -0.39 is 12.7 Å². The van der Waals surface area contributed by atoms with Gasteiger partial charge in [-0.25, -0.2) is 4.98 Å². The molecule has 3 aromatic rings. The van der Waals surface area contributed by atoms with Gasteiger partial charge in [0, 0.05) is 23.6 Å². The lowest BCUT2D eigenvalue weighted by Gasteiger charge is -2.16. The number of carbonyl (C=O) groups excluding carboxylic acids is 1. The van der Waals surface area contributed by atoms with E-state index >= 15 is 0 Å². The summed E-state index contributed by atoms with van der Waals surface area (Å²) in [6, 6.07) is 8.50. The highest BCUT2D eigenvalue weighted by Crippen LogP contribution is 2.26. The molecule has 0 amide bonds. The molecule has 3 heterocycles. The van der Waals surface area contributed by atoms with E-state index in [0.717, 1.165) is 29.2 Å². The number of rotatable bonds is 7. The summed E-state index contributed by atoms with van der Waals surface area (Å²) in [5.74, 6) is -0.361. The van der Waals surface area contributed by atoms with Crippen LogP contribution < -0.4 is 5.56 Å². The van der Waals surface area contributed by atoms with Gasteiger partial charge in [-0.05, 0) is 44.9 Å². The highest BCUT2D eigenvalue weighted by molar-refractivity contribution is 7.99. The Balaban J connectivity index is 1.61. The zero-order valence-corrected chi connectivity index (χ0v) is 19.1.